The number of rotatable bonds is 4. The van der Waals surface area contributed by atoms with Crippen LogP contribution in [0.25, 0.3) is 0 Å². The molecule has 0 radical (unpaired) electrons. The number of halogens is 4. The van der Waals surface area contributed by atoms with Crippen LogP contribution in [0.3, 0.4) is 0 Å². The highest BCUT2D eigenvalue weighted by atomic mass is 19.4. The van der Waals surface area contributed by atoms with Crippen LogP contribution in [0.5, 0.6) is 5.75 Å². The molecule has 90 valence electrons. The average molecular weight is 237 g/mol. The van der Waals surface area contributed by atoms with Gasteiger partial charge in [0.25, 0.3) is 0 Å². The van der Waals surface area contributed by atoms with Crippen LogP contribution in [-0.2, 0) is 0 Å². The molecule has 0 spiro atoms. The average Bonchev–Trinajstić information content (AvgIpc) is 2.09. The van der Waals surface area contributed by atoms with E-state index in [9.17, 15) is 17.6 Å². The Kier molecular flexibility index (Phi) is 3.98. The topological polar surface area (TPSA) is 35.2 Å². The number of hydrogen-bond donors (Lipinski definition) is 1. The van der Waals surface area contributed by atoms with Gasteiger partial charge in [-0.1, -0.05) is 0 Å². The van der Waals surface area contributed by atoms with Gasteiger partial charge in [-0.15, -0.1) is 0 Å². The van der Waals surface area contributed by atoms with Crippen molar-refractivity contribution in [2.75, 3.05) is 12.3 Å². The maximum atomic E-state index is 12.8. The zero-order chi connectivity index (χ0) is 12.2. The van der Waals surface area contributed by atoms with Gasteiger partial charge >= 0.3 is 6.18 Å². The normalized spacial score (nSPS) is 11.5. The van der Waals surface area contributed by atoms with Crippen LogP contribution in [0.4, 0.5) is 23.2 Å². The van der Waals surface area contributed by atoms with Gasteiger partial charge in [0.15, 0.2) is 0 Å². The molecule has 16 heavy (non-hydrogen) atoms. The molecule has 1 aromatic carbocycles. The van der Waals surface area contributed by atoms with E-state index >= 15 is 0 Å². The van der Waals surface area contributed by atoms with E-state index in [-0.39, 0.29) is 24.5 Å². The maximum absolute atomic E-state index is 12.8. The van der Waals surface area contributed by atoms with Crippen LogP contribution in [0.1, 0.15) is 12.8 Å². The van der Waals surface area contributed by atoms with Crippen molar-refractivity contribution in [3.63, 3.8) is 0 Å². The number of anilines is 1. The fraction of sp³-hybridized carbons (Fsp3) is 0.400. The van der Waals surface area contributed by atoms with Gasteiger partial charge in [0.05, 0.1) is 6.61 Å². The molecule has 2 N–H and O–H groups in total. The van der Waals surface area contributed by atoms with Gasteiger partial charge in [-0.05, 0) is 12.5 Å². The lowest BCUT2D eigenvalue weighted by atomic mass is 10.3. The summed E-state index contributed by atoms with van der Waals surface area (Å²) in [5.74, 6) is -0.439. The molecule has 0 fully saturated rings. The van der Waals surface area contributed by atoms with E-state index in [1.807, 2.05) is 0 Å². The number of nitrogen functional groups attached to an aromatic ring is 1. The highest BCUT2D eigenvalue weighted by molar-refractivity contribution is 5.44. The second-order valence-corrected chi connectivity index (χ2v) is 3.29. The van der Waals surface area contributed by atoms with Crippen LogP contribution in [0.2, 0.25) is 0 Å². The van der Waals surface area contributed by atoms with E-state index in [0.29, 0.717) is 0 Å². The Hall–Kier alpha value is -1.46. The van der Waals surface area contributed by atoms with E-state index in [1.165, 1.54) is 6.07 Å². The van der Waals surface area contributed by atoms with Gasteiger partial charge in [0.1, 0.15) is 11.6 Å². The third-order valence-corrected chi connectivity index (χ3v) is 1.77. The lowest BCUT2D eigenvalue weighted by Crippen LogP contribution is -2.09. The summed E-state index contributed by atoms with van der Waals surface area (Å²) in [4.78, 5) is 0. The summed E-state index contributed by atoms with van der Waals surface area (Å²) in [6.07, 6.45) is -5.28. The van der Waals surface area contributed by atoms with E-state index in [0.717, 1.165) is 12.1 Å². The summed E-state index contributed by atoms with van der Waals surface area (Å²) in [5, 5.41) is 0. The Balaban J connectivity index is 2.37. The number of alkyl halides is 3. The SMILES string of the molecule is Nc1cc(F)cc(OCCCC(F)(F)F)c1. The molecule has 0 amide bonds. The third kappa shape index (κ3) is 4.86. The molecule has 0 heterocycles. The monoisotopic (exact) mass is 237 g/mol. The summed E-state index contributed by atoms with van der Waals surface area (Å²) >= 11 is 0. The molecule has 0 aliphatic rings. The fourth-order valence-electron chi connectivity index (χ4n) is 1.13. The molecule has 0 aromatic heterocycles. The Bertz CT molecular complexity index is 331. The van der Waals surface area contributed by atoms with E-state index < -0.39 is 18.4 Å². The largest absolute Gasteiger partial charge is 0.493 e. The summed E-state index contributed by atoms with van der Waals surface area (Å²) < 4.78 is 53.1. The minimum atomic E-state index is -4.19. The predicted octanol–water partition coefficient (Wildman–Crippen LogP) is 3.13. The van der Waals surface area contributed by atoms with Crippen molar-refractivity contribution in [3.8, 4) is 5.75 Å². The molecule has 0 atom stereocenters. The lowest BCUT2D eigenvalue weighted by molar-refractivity contribution is -0.136. The van der Waals surface area contributed by atoms with Crippen LogP contribution in [-0.4, -0.2) is 12.8 Å². The Morgan fingerprint density at radius 1 is 1.19 bits per heavy atom. The van der Waals surface area contributed by atoms with Gasteiger partial charge in [0, 0.05) is 24.2 Å². The summed E-state index contributed by atoms with van der Waals surface area (Å²) in [6, 6.07) is 3.53. The van der Waals surface area contributed by atoms with Crippen molar-refractivity contribution < 1.29 is 22.3 Å². The highest BCUT2D eigenvalue weighted by Gasteiger charge is 2.26. The first-order valence-electron chi connectivity index (χ1n) is 4.62. The van der Waals surface area contributed by atoms with Crippen molar-refractivity contribution in [1.82, 2.24) is 0 Å². The molecule has 0 saturated heterocycles. The van der Waals surface area contributed by atoms with E-state index in [4.69, 9.17) is 10.5 Å². The van der Waals surface area contributed by atoms with Crippen molar-refractivity contribution in [3.05, 3.63) is 24.0 Å². The Morgan fingerprint density at radius 2 is 1.88 bits per heavy atom. The molecule has 2 nitrogen and oxygen atoms in total. The van der Waals surface area contributed by atoms with Crippen LogP contribution < -0.4 is 10.5 Å². The van der Waals surface area contributed by atoms with E-state index in [2.05, 4.69) is 0 Å². The minimum Gasteiger partial charge on any atom is -0.493 e. The molecule has 0 bridgehead atoms. The fourth-order valence-corrected chi connectivity index (χ4v) is 1.13. The summed E-state index contributed by atoms with van der Waals surface area (Å²) in [6.45, 7) is -0.123. The summed E-state index contributed by atoms with van der Waals surface area (Å²) in [5.41, 5.74) is 5.50. The molecule has 1 aromatic rings. The highest BCUT2D eigenvalue weighted by Crippen LogP contribution is 2.22. The van der Waals surface area contributed by atoms with Gasteiger partial charge in [-0.25, -0.2) is 4.39 Å². The van der Waals surface area contributed by atoms with Crippen LogP contribution in [0, 0.1) is 5.82 Å². The first-order valence-corrected chi connectivity index (χ1v) is 4.62. The van der Waals surface area contributed by atoms with Gasteiger partial charge in [-0.2, -0.15) is 13.2 Å². The molecule has 6 heteroatoms. The van der Waals surface area contributed by atoms with Gasteiger partial charge in [0.2, 0.25) is 0 Å². The van der Waals surface area contributed by atoms with Crippen LogP contribution in [0.15, 0.2) is 18.2 Å². The number of benzene rings is 1. The second-order valence-electron chi connectivity index (χ2n) is 3.29. The minimum absolute atomic E-state index is 0.123. The van der Waals surface area contributed by atoms with Gasteiger partial charge in [-0.3, -0.25) is 0 Å². The van der Waals surface area contributed by atoms with E-state index in [1.54, 1.807) is 0 Å². The molecule has 0 aliphatic heterocycles. The zero-order valence-corrected chi connectivity index (χ0v) is 8.35. The lowest BCUT2D eigenvalue weighted by Gasteiger charge is -2.08. The molecule has 0 unspecified atom stereocenters. The molecule has 1 rings (SSSR count). The number of hydrogen-bond acceptors (Lipinski definition) is 2. The van der Waals surface area contributed by atoms with Crippen LogP contribution >= 0.6 is 0 Å². The molecular weight excluding hydrogens is 226 g/mol. The standard InChI is InChI=1S/C10H11F4NO/c11-7-4-8(15)6-9(5-7)16-3-1-2-10(12,13)14/h4-6H,1-3,15H2. The van der Waals surface area contributed by atoms with Gasteiger partial charge < -0.3 is 10.5 Å². The van der Waals surface area contributed by atoms with Crippen molar-refractivity contribution >= 4 is 5.69 Å². The zero-order valence-electron chi connectivity index (χ0n) is 8.35. The smallest absolute Gasteiger partial charge is 0.389 e. The maximum Gasteiger partial charge on any atom is 0.389 e. The second kappa shape index (κ2) is 5.05. The molecular formula is C10H11F4NO. The number of nitrogens with two attached hydrogens (primary N) is 1. The van der Waals surface area contributed by atoms with Crippen molar-refractivity contribution in [2.24, 2.45) is 0 Å². The Morgan fingerprint density at radius 3 is 2.44 bits per heavy atom. The number of ether oxygens (including phenoxy) is 1. The summed E-state index contributed by atoms with van der Waals surface area (Å²) in [7, 11) is 0. The first-order chi connectivity index (χ1) is 7.37. The third-order valence-electron chi connectivity index (χ3n) is 1.77. The Labute approximate surface area is 90.0 Å². The molecule has 0 aliphatic carbocycles. The molecule has 0 saturated carbocycles. The predicted molar refractivity (Wildman–Crippen MR) is 51.6 cm³/mol. The van der Waals surface area contributed by atoms with Crippen molar-refractivity contribution in [1.29, 1.82) is 0 Å². The quantitative estimate of drug-likeness (QED) is 0.496. The first kappa shape index (κ1) is 12.6. The van der Waals surface area contributed by atoms with Crippen molar-refractivity contribution in [2.45, 2.75) is 19.0 Å².